The van der Waals surface area contributed by atoms with Crippen molar-refractivity contribution in [3.63, 3.8) is 0 Å². The van der Waals surface area contributed by atoms with Crippen molar-refractivity contribution < 1.29 is 23.9 Å². The molecule has 0 spiro atoms. The van der Waals surface area contributed by atoms with Crippen LogP contribution in [-0.4, -0.2) is 78.2 Å². The van der Waals surface area contributed by atoms with E-state index in [1.807, 2.05) is 11.0 Å². The molecular weight excluding hydrogens is 645 g/mol. The van der Waals surface area contributed by atoms with Crippen LogP contribution in [0.1, 0.15) is 189 Å². The van der Waals surface area contributed by atoms with Crippen molar-refractivity contribution in [2.75, 3.05) is 45.1 Å². The summed E-state index contributed by atoms with van der Waals surface area (Å²) in [5.41, 5.74) is 0. The van der Waals surface area contributed by atoms with Gasteiger partial charge in [-0.25, -0.2) is 0 Å². The first kappa shape index (κ1) is 48.5. The van der Waals surface area contributed by atoms with Crippen LogP contribution < -0.4 is 0 Å². The smallest absolute Gasteiger partial charge is 0.306 e. The van der Waals surface area contributed by atoms with Crippen molar-refractivity contribution in [3.8, 4) is 0 Å². The lowest BCUT2D eigenvalue weighted by molar-refractivity contribution is -0.150. The number of hydrogen-bond acceptors (Lipinski definition) is 7. The Balaban J connectivity index is 4.72. The highest BCUT2D eigenvalue weighted by molar-refractivity contribution is 8.13. The summed E-state index contributed by atoms with van der Waals surface area (Å²) in [6, 6.07) is 0. The van der Waals surface area contributed by atoms with Crippen molar-refractivity contribution in [2.45, 2.75) is 195 Å². The summed E-state index contributed by atoms with van der Waals surface area (Å²) in [4.78, 5) is 42.6. The predicted molar refractivity (Wildman–Crippen MR) is 215 cm³/mol. The quantitative estimate of drug-likeness (QED) is 0.0362. The van der Waals surface area contributed by atoms with Gasteiger partial charge in [0, 0.05) is 31.7 Å². The first-order valence-corrected chi connectivity index (χ1v) is 22.0. The fraction of sp³-hybridized carbons (Fsp3) is 0.881. The molecule has 0 rings (SSSR count). The second kappa shape index (κ2) is 37.2. The Bertz CT molecular complexity index is 806. The number of unbranched alkanes of at least 4 members (excludes halogenated alkanes) is 14. The average molecular weight is 725 g/mol. The second-order valence-electron chi connectivity index (χ2n) is 13.9. The van der Waals surface area contributed by atoms with E-state index in [0.717, 1.165) is 83.2 Å². The van der Waals surface area contributed by atoms with Crippen LogP contribution >= 0.6 is 11.8 Å². The largest absolute Gasteiger partial charge is 0.462 e. The molecule has 0 aromatic carbocycles. The molecule has 0 aliphatic heterocycles. The molecular formula is C42H80N2O5S. The Kier molecular flexibility index (Phi) is 36.1. The molecule has 0 aromatic rings. The van der Waals surface area contributed by atoms with E-state index in [1.54, 1.807) is 0 Å². The Hall–Kier alpha value is -1.54. The van der Waals surface area contributed by atoms with Crippen LogP contribution in [0.4, 0.5) is 4.79 Å². The lowest BCUT2D eigenvalue weighted by Gasteiger charge is -2.23. The van der Waals surface area contributed by atoms with Crippen LogP contribution in [0.15, 0.2) is 12.2 Å². The first-order valence-electron chi connectivity index (χ1n) is 21.1. The summed E-state index contributed by atoms with van der Waals surface area (Å²) in [7, 11) is 0. The highest BCUT2D eigenvalue weighted by atomic mass is 32.2. The van der Waals surface area contributed by atoms with Crippen molar-refractivity contribution in [3.05, 3.63) is 12.2 Å². The first-order chi connectivity index (χ1) is 24.4. The predicted octanol–water partition coefficient (Wildman–Crippen LogP) is 11.9. The molecule has 0 aromatic heterocycles. The minimum Gasteiger partial charge on any atom is -0.462 e. The molecule has 0 unspecified atom stereocenters. The topological polar surface area (TPSA) is 76.1 Å². The Morgan fingerprint density at radius 1 is 0.580 bits per heavy atom. The summed E-state index contributed by atoms with van der Waals surface area (Å²) in [5, 5.41) is 0.0871. The van der Waals surface area contributed by atoms with Crippen molar-refractivity contribution >= 4 is 28.9 Å². The molecule has 0 saturated heterocycles. The van der Waals surface area contributed by atoms with Gasteiger partial charge in [-0.15, -0.1) is 0 Å². The third-order valence-corrected chi connectivity index (χ3v) is 10.4. The molecule has 0 saturated carbocycles. The molecule has 0 fully saturated rings. The van der Waals surface area contributed by atoms with Gasteiger partial charge in [-0.3, -0.25) is 14.4 Å². The van der Waals surface area contributed by atoms with Gasteiger partial charge >= 0.3 is 11.9 Å². The number of esters is 2. The number of hydrogen-bond donors (Lipinski definition) is 0. The molecule has 0 aliphatic rings. The fourth-order valence-electron chi connectivity index (χ4n) is 6.08. The summed E-state index contributed by atoms with van der Waals surface area (Å²) in [5.74, 6) is 0.514. The monoisotopic (exact) mass is 725 g/mol. The maximum atomic E-state index is 13.2. The minimum absolute atomic E-state index is 0.0517. The van der Waals surface area contributed by atoms with Gasteiger partial charge in [0.25, 0.3) is 5.24 Å². The number of amides is 1. The van der Waals surface area contributed by atoms with E-state index in [2.05, 4.69) is 45.6 Å². The average Bonchev–Trinajstić information content (AvgIpc) is 3.11. The van der Waals surface area contributed by atoms with E-state index in [1.165, 1.54) is 88.8 Å². The lowest BCUT2D eigenvalue weighted by atomic mass is 10.0. The number of allylic oxidation sites excluding steroid dienone is 1. The fourth-order valence-corrected chi connectivity index (χ4v) is 6.90. The van der Waals surface area contributed by atoms with E-state index >= 15 is 0 Å². The van der Waals surface area contributed by atoms with Gasteiger partial charge in [0.05, 0.1) is 0 Å². The molecule has 1 amide bonds. The van der Waals surface area contributed by atoms with Gasteiger partial charge < -0.3 is 19.3 Å². The van der Waals surface area contributed by atoms with Gasteiger partial charge in [0.15, 0.2) is 0 Å². The van der Waals surface area contributed by atoms with E-state index < -0.39 is 0 Å². The van der Waals surface area contributed by atoms with Crippen molar-refractivity contribution in [1.82, 2.24) is 9.80 Å². The van der Waals surface area contributed by atoms with Crippen molar-refractivity contribution in [1.29, 1.82) is 0 Å². The SMILES string of the molecule is CCCCCC/C=C\COC(=O)CCCN(CCCCCC(=O)OC(CCCCCCC)CCCCCCC)C(=O)SCCCN(CC)CC. The number of carbonyl (C=O) groups excluding carboxylic acids is 3. The Morgan fingerprint density at radius 3 is 1.76 bits per heavy atom. The Labute approximate surface area is 313 Å². The maximum absolute atomic E-state index is 13.2. The maximum Gasteiger partial charge on any atom is 0.306 e. The van der Waals surface area contributed by atoms with Crippen molar-refractivity contribution in [2.24, 2.45) is 0 Å². The molecule has 7 nitrogen and oxygen atoms in total. The van der Waals surface area contributed by atoms with Gasteiger partial charge in [0.1, 0.15) is 12.7 Å². The molecule has 0 bridgehead atoms. The van der Waals surface area contributed by atoms with Crippen LogP contribution in [0.25, 0.3) is 0 Å². The number of carbonyl (C=O) groups is 3. The molecule has 50 heavy (non-hydrogen) atoms. The molecule has 0 radical (unpaired) electrons. The standard InChI is InChI=1S/C42H80N2O5S/c1-6-11-14-17-18-21-27-37-48-40(45)33-28-36-44(42(47)50-38-29-34-43(9-4)10-5)35-26-22-25-32-41(46)49-39(30-23-19-15-12-7-2)31-24-20-16-13-8-3/h21,27,39H,6-20,22-26,28-38H2,1-5H3/b27-21-. The van der Waals surface area contributed by atoms with Gasteiger partial charge in [0.2, 0.25) is 0 Å². The third-order valence-electron chi connectivity index (χ3n) is 9.40. The summed E-state index contributed by atoms with van der Waals surface area (Å²) >= 11 is 1.39. The molecule has 0 atom stereocenters. The van der Waals surface area contributed by atoms with Crippen LogP contribution in [-0.2, 0) is 19.1 Å². The third kappa shape index (κ3) is 31.2. The lowest BCUT2D eigenvalue weighted by Crippen LogP contribution is -2.31. The molecule has 0 heterocycles. The zero-order chi connectivity index (χ0) is 36.9. The zero-order valence-electron chi connectivity index (χ0n) is 33.5. The molecule has 294 valence electrons. The summed E-state index contributed by atoms with van der Waals surface area (Å²) in [6.45, 7) is 15.6. The van der Waals surface area contributed by atoms with Crippen LogP contribution in [0, 0.1) is 0 Å². The zero-order valence-corrected chi connectivity index (χ0v) is 34.3. The number of ether oxygens (including phenoxy) is 2. The minimum atomic E-state index is -0.210. The molecule has 0 N–H and O–H groups in total. The highest BCUT2D eigenvalue weighted by Crippen LogP contribution is 2.18. The van der Waals surface area contributed by atoms with E-state index in [4.69, 9.17) is 9.47 Å². The van der Waals surface area contributed by atoms with E-state index in [-0.39, 0.29) is 23.3 Å². The normalized spacial score (nSPS) is 11.6. The van der Waals surface area contributed by atoms with Gasteiger partial charge in [-0.2, -0.15) is 0 Å². The summed E-state index contributed by atoms with van der Waals surface area (Å²) in [6.07, 6.45) is 29.1. The molecule has 0 aliphatic carbocycles. The second-order valence-corrected chi connectivity index (χ2v) is 15.0. The van der Waals surface area contributed by atoms with Crippen LogP contribution in [0.2, 0.25) is 0 Å². The van der Waals surface area contributed by atoms with Gasteiger partial charge in [-0.1, -0.05) is 136 Å². The Morgan fingerprint density at radius 2 is 1.14 bits per heavy atom. The molecule has 8 heteroatoms. The van der Waals surface area contributed by atoms with E-state index in [9.17, 15) is 14.4 Å². The number of nitrogens with zero attached hydrogens (tertiary/aromatic N) is 2. The number of rotatable bonds is 36. The van der Waals surface area contributed by atoms with E-state index in [0.29, 0.717) is 39.0 Å². The van der Waals surface area contributed by atoms with Crippen LogP contribution in [0.5, 0.6) is 0 Å². The number of thioether (sulfide) groups is 1. The highest BCUT2D eigenvalue weighted by Gasteiger charge is 2.17. The van der Waals surface area contributed by atoms with Crippen LogP contribution in [0.3, 0.4) is 0 Å². The van der Waals surface area contributed by atoms with Gasteiger partial charge in [-0.05, 0) is 83.8 Å². The summed E-state index contributed by atoms with van der Waals surface area (Å²) < 4.78 is 11.4.